The summed E-state index contributed by atoms with van der Waals surface area (Å²) in [5.41, 5.74) is 10.6. The monoisotopic (exact) mass is 240 g/mol. The van der Waals surface area contributed by atoms with E-state index in [0.29, 0.717) is 5.95 Å². The van der Waals surface area contributed by atoms with E-state index in [4.69, 9.17) is 5.73 Å². The van der Waals surface area contributed by atoms with Gasteiger partial charge in [-0.05, 0) is 49.4 Å². The molecule has 0 bridgehead atoms. The Morgan fingerprint density at radius 2 is 2.06 bits per heavy atom. The van der Waals surface area contributed by atoms with Gasteiger partial charge in [0.05, 0.1) is 0 Å². The van der Waals surface area contributed by atoms with Gasteiger partial charge in [-0.15, -0.1) is 0 Å². The summed E-state index contributed by atoms with van der Waals surface area (Å²) in [6.45, 7) is 1.97. The maximum Gasteiger partial charge on any atom is 0.221 e. The maximum atomic E-state index is 5.61. The quantitative estimate of drug-likeness (QED) is 0.847. The number of aromatic nitrogens is 2. The number of rotatable bonds is 2. The molecule has 4 heteroatoms. The molecule has 3 rings (SSSR count). The summed E-state index contributed by atoms with van der Waals surface area (Å²) >= 11 is 0. The van der Waals surface area contributed by atoms with E-state index in [9.17, 15) is 0 Å². The number of nitrogens with two attached hydrogens (primary N) is 1. The van der Waals surface area contributed by atoms with E-state index in [0.717, 1.165) is 17.1 Å². The fourth-order valence-corrected chi connectivity index (χ4v) is 2.37. The first-order valence-electron chi connectivity index (χ1n) is 6.20. The lowest BCUT2D eigenvalue weighted by molar-refractivity contribution is 0.912. The minimum atomic E-state index is 0.296. The van der Waals surface area contributed by atoms with E-state index < -0.39 is 0 Å². The molecule has 1 aliphatic rings. The third kappa shape index (κ3) is 2.01. The van der Waals surface area contributed by atoms with Gasteiger partial charge in [0.25, 0.3) is 0 Å². The van der Waals surface area contributed by atoms with Gasteiger partial charge in [-0.25, -0.2) is 4.98 Å². The van der Waals surface area contributed by atoms with Gasteiger partial charge < -0.3 is 11.1 Å². The molecule has 1 aromatic carbocycles. The van der Waals surface area contributed by atoms with E-state index in [-0.39, 0.29) is 0 Å². The van der Waals surface area contributed by atoms with Gasteiger partial charge in [0, 0.05) is 17.4 Å². The molecule has 0 fully saturated rings. The molecule has 3 N–H and O–H groups in total. The molecule has 4 nitrogen and oxygen atoms in total. The summed E-state index contributed by atoms with van der Waals surface area (Å²) in [6, 6.07) is 6.51. The number of anilines is 3. The summed E-state index contributed by atoms with van der Waals surface area (Å²) < 4.78 is 0. The molecule has 0 saturated heterocycles. The standard InChI is InChI=1S/C14H16N4/c1-9-8-16-14(15)18-13(9)17-12-6-5-10-3-2-4-11(10)7-12/h5-8H,2-4H2,1H3,(H3,15,16,17,18). The van der Waals surface area contributed by atoms with Crippen molar-refractivity contribution in [2.24, 2.45) is 0 Å². The normalized spacial score (nSPS) is 13.4. The molecular formula is C14H16N4. The molecule has 0 spiro atoms. The lowest BCUT2D eigenvalue weighted by Gasteiger charge is -2.10. The van der Waals surface area contributed by atoms with E-state index >= 15 is 0 Å². The Labute approximate surface area is 106 Å². The van der Waals surface area contributed by atoms with Gasteiger partial charge in [0.1, 0.15) is 5.82 Å². The van der Waals surface area contributed by atoms with Crippen LogP contribution in [0.25, 0.3) is 0 Å². The second-order valence-electron chi connectivity index (χ2n) is 4.72. The topological polar surface area (TPSA) is 63.8 Å². The fourth-order valence-electron chi connectivity index (χ4n) is 2.37. The first-order chi connectivity index (χ1) is 8.72. The van der Waals surface area contributed by atoms with Crippen LogP contribution in [0.3, 0.4) is 0 Å². The molecule has 0 unspecified atom stereocenters. The van der Waals surface area contributed by atoms with Crippen LogP contribution in [0, 0.1) is 6.92 Å². The molecule has 1 aliphatic carbocycles. The van der Waals surface area contributed by atoms with E-state index in [1.165, 1.54) is 30.4 Å². The van der Waals surface area contributed by atoms with Crippen LogP contribution in [-0.2, 0) is 12.8 Å². The Hall–Kier alpha value is -2.10. The Bertz CT molecular complexity index is 592. The SMILES string of the molecule is Cc1cnc(N)nc1Nc1ccc2c(c1)CCC2. The predicted octanol–water partition coefficient (Wildman–Crippen LogP) is 2.60. The third-order valence-electron chi connectivity index (χ3n) is 3.35. The van der Waals surface area contributed by atoms with Crippen LogP contribution in [0.4, 0.5) is 17.5 Å². The number of fused-ring (bicyclic) bond motifs is 1. The zero-order valence-corrected chi connectivity index (χ0v) is 10.4. The number of aryl methyl sites for hydroxylation is 3. The van der Waals surface area contributed by atoms with Gasteiger partial charge in [0.15, 0.2) is 0 Å². The highest BCUT2D eigenvalue weighted by Crippen LogP contribution is 2.26. The predicted molar refractivity (Wildman–Crippen MR) is 72.9 cm³/mol. The van der Waals surface area contributed by atoms with Crippen LogP contribution in [0.15, 0.2) is 24.4 Å². The van der Waals surface area contributed by atoms with Gasteiger partial charge in [0.2, 0.25) is 5.95 Å². The number of hydrogen-bond acceptors (Lipinski definition) is 4. The first kappa shape index (κ1) is 11.0. The van der Waals surface area contributed by atoms with Crippen molar-refractivity contribution in [1.29, 1.82) is 0 Å². The van der Waals surface area contributed by atoms with Crippen LogP contribution in [0.2, 0.25) is 0 Å². The van der Waals surface area contributed by atoms with Crippen molar-refractivity contribution in [2.45, 2.75) is 26.2 Å². The van der Waals surface area contributed by atoms with Crippen LogP contribution in [0.1, 0.15) is 23.1 Å². The highest BCUT2D eigenvalue weighted by molar-refractivity contribution is 5.61. The zero-order chi connectivity index (χ0) is 12.5. The molecule has 18 heavy (non-hydrogen) atoms. The van der Waals surface area contributed by atoms with Gasteiger partial charge in [-0.1, -0.05) is 6.07 Å². The third-order valence-corrected chi connectivity index (χ3v) is 3.35. The molecule has 2 aromatic rings. The van der Waals surface area contributed by atoms with Crippen LogP contribution in [-0.4, -0.2) is 9.97 Å². The van der Waals surface area contributed by atoms with Crippen molar-refractivity contribution >= 4 is 17.5 Å². The molecule has 0 aliphatic heterocycles. The Balaban J connectivity index is 1.90. The molecule has 0 saturated carbocycles. The summed E-state index contributed by atoms with van der Waals surface area (Å²) in [4.78, 5) is 8.18. The van der Waals surface area contributed by atoms with Crippen molar-refractivity contribution in [1.82, 2.24) is 9.97 Å². The van der Waals surface area contributed by atoms with Gasteiger partial charge >= 0.3 is 0 Å². The van der Waals surface area contributed by atoms with Crippen molar-refractivity contribution in [3.05, 3.63) is 41.1 Å². The largest absolute Gasteiger partial charge is 0.368 e. The molecule has 0 amide bonds. The number of nitrogens with one attached hydrogen (secondary N) is 1. The molecular weight excluding hydrogens is 224 g/mol. The lowest BCUT2D eigenvalue weighted by atomic mass is 10.1. The molecule has 0 atom stereocenters. The van der Waals surface area contributed by atoms with Crippen LogP contribution < -0.4 is 11.1 Å². The number of benzene rings is 1. The van der Waals surface area contributed by atoms with Crippen LogP contribution >= 0.6 is 0 Å². The molecule has 0 radical (unpaired) electrons. The second kappa shape index (κ2) is 4.29. The number of nitrogens with zero attached hydrogens (tertiary/aromatic N) is 2. The summed E-state index contributed by atoms with van der Waals surface area (Å²) in [5, 5.41) is 3.31. The van der Waals surface area contributed by atoms with Crippen molar-refractivity contribution in [2.75, 3.05) is 11.1 Å². The summed E-state index contributed by atoms with van der Waals surface area (Å²) in [6.07, 6.45) is 5.38. The fraction of sp³-hybridized carbons (Fsp3) is 0.286. The molecule has 1 heterocycles. The number of nitrogen functional groups attached to an aromatic ring is 1. The highest BCUT2D eigenvalue weighted by Gasteiger charge is 2.11. The second-order valence-corrected chi connectivity index (χ2v) is 4.72. The Morgan fingerprint density at radius 3 is 2.94 bits per heavy atom. The lowest BCUT2D eigenvalue weighted by Crippen LogP contribution is -2.02. The zero-order valence-electron chi connectivity index (χ0n) is 10.4. The first-order valence-corrected chi connectivity index (χ1v) is 6.20. The highest BCUT2D eigenvalue weighted by atomic mass is 15.1. The minimum Gasteiger partial charge on any atom is -0.368 e. The average molecular weight is 240 g/mol. The van der Waals surface area contributed by atoms with Crippen LogP contribution in [0.5, 0.6) is 0 Å². The Morgan fingerprint density at radius 1 is 1.22 bits per heavy atom. The van der Waals surface area contributed by atoms with Crippen molar-refractivity contribution < 1.29 is 0 Å². The minimum absolute atomic E-state index is 0.296. The Kier molecular flexibility index (Phi) is 2.63. The molecule has 92 valence electrons. The maximum absolute atomic E-state index is 5.61. The number of hydrogen-bond donors (Lipinski definition) is 2. The van der Waals surface area contributed by atoms with E-state index in [1.807, 2.05) is 6.92 Å². The molecule has 1 aromatic heterocycles. The van der Waals surface area contributed by atoms with E-state index in [2.05, 4.69) is 33.5 Å². The van der Waals surface area contributed by atoms with Crippen molar-refractivity contribution in [3.8, 4) is 0 Å². The smallest absolute Gasteiger partial charge is 0.221 e. The van der Waals surface area contributed by atoms with Gasteiger partial charge in [-0.3, -0.25) is 0 Å². The summed E-state index contributed by atoms with van der Waals surface area (Å²) in [7, 11) is 0. The van der Waals surface area contributed by atoms with Crippen molar-refractivity contribution in [3.63, 3.8) is 0 Å². The van der Waals surface area contributed by atoms with Gasteiger partial charge in [-0.2, -0.15) is 4.98 Å². The summed E-state index contributed by atoms with van der Waals surface area (Å²) in [5.74, 6) is 1.07. The average Bonchev–Trinajstić information content (AvgIpc) is 2.81. The van der Waals surface area contributed by atoms with E-state index in [1.54, 1.807) is 6.20 Å².